The number of hydrogen-bond acceptors (Lipinski definition) is 6. The Labute approximate surface area is 202 Å². The van der Waals surface area contributed by atoms with E-state index in [1.54, 1.807) is 29.3 Å². The summed E-state index contributed by atoms with van der Waals surface area (Å²) in [4.78, 5) is 21.9. The third-order valence-corrected chi connectivity index (χ3v) is 8.66. The maximum Gasteiger partial charge on any atom is 0.263 e. The Bertz CT molecular complexity index is 1360. The second kappa shape index (κ2) is 8.27. The van der Waals surface area contributed by atoms with Gasteiger partial charge in [-0.3, -0.25) is 9.52 Å². The summed E-state index contributed by atoms with van der Waals surface area (Å²) in [5.41, 5.74) is 2.16. The van der Waals surface area contributed by atoms with E-state index in [0.717, 1.165) is 16.1 Å². The van der Waals surface area contributed by atoms with Crippen molar-refractivity contribution in [2.75, 3.05) is 27.6 Å². The molecule has 0 bridgehead atoms. The number of anilines is 3. The highest BCUT2D eigenvalue weighted by Crippen LogP contribution is 2.38. The van der Waals surface area contributed by atoms with E-state index in [2.05, 4.69) is 9.71 Å². The van der Waals surface area contributed by atoms with E-state index in [4.69, 9.17) is 11.6 Å². The number of nitrogens with one attached hydrogen (secondary N) is 1. The molecular formula is C22H24ClFN4O3S2. The number of thiazole rings is 1. The van der Waals surface area contributed by atoms with Crippen molar-refractivity contribution in [2.24, 2.45) is 0 Å². The molecule has 1 fully saturated rings. The van der Waals surface area contributed by atoms with E-state index in [1.165, 1.54) is 29.5 Å². The van der Waals surface area contributed by atoms with E-state index in [0.29, 0.717) is 36.8 Å². The van der Waals surface area contributed by atoms with Crippen LogP contribution < -0.4 is 14.5 Å². The van der Waals surface area contributed by atoms with Gasteiger partial charge < -0.3 is 9.80 Å². The van der Waals surface area contributed by atoms with Gasteiger partial charge in [0.05, 0.1) is 9.92 Å². The van der Waals surface area contributed by atoms with Crippen LogP contribution in [-0.2, 0) is 21.2 Å². The molecule has 7 nitrogen and oxygen atoms in total. The van der Waals surface area contributed by atoms with Gasteiger partial charge in [-0.1, -0.05) is 11.6 Å². The summed E-state index contributed by atoms with van der Waals surface area (Å²) >= 11 is 7.38. The maximum atomic E-state index is 13.8. The lowest BCUT2D eigenvalue weighted by atomic mass is 10.1. The number of aryl methyl sites for hydroxylation is 1. The van der Waals surface area contributed by atoms with E-state index in [1.807, 2.05) is 11.8 Å². The molecule has 1 amide bonds. The van der Waals surface area contributed by atoms with Gasteiger partial charge >= 0.3 is 0 Å². The number of sulfonamides is 1. The van der Waals surface area contributed by atoms with E-state index in [9.17, 15) is 17.6 Å². The minimum absolute atomic E-state index is 0. The number of hydrogen-bond donors (Lipinski definition) is 1. The molecule has 33 heavy (non-hydrogen) atoms. The lowest BCUT2D eigenvalue weighted by molar-refractivity contribution is -0.118. The highest BCUT2D eigenvalue weighted by atomic mass is 35.5. The summed E-state index contributed by atoms with van der Waals surface area (Å²) in [7, 11) is -3.78. The largest absolute Gasteiger partial charge is 0.359 e. The van der Waals surface area contributed by atoms with Gasteiger partial charge in [0.2, 0.25) is 5.91 Å². The Morgan fingerprint density at radius 1 is 1.21 bits per heavy atom. The molecule has 0 radical (unpaired) electrons. The minimum atomic E-state index is -3.78. The van der Waals surface area contributed by atoms with Crippen LogP contribution in [0.1, 0.15) is 19.7 Å². The first kappa shape index (κ1) is 22.1. The van der Waals surface area contributed by atoms with Crippen molar-refractivity contribution < 1.29 is 20.5 Å². The SMILES string of the molecule is Cc1cnc(NS(=O)(=O)c2ccc(N3CC[C@H](N4CCc5c4ccc(F)c5Cl)C3=O)cc2)s1.[HH].[HH]. The first-order chi connectivity index (χ1) is 15.7. The van der Waals surface area contributed by atoms with Crippen molar-refractivity contribution in [2.45, 2.75) is 30.7 Å². The Hall–Kier alpha value is -2.69. The molecule has 0 aliphatic carbocycles. The van der Waals surface area contributed by atoms with Crippen LogP contribution in [0.15, 0.2) is 47.5 Å². The van der Waals surface area contributed by atoms with E-state index < -0.39 is 15.8 Å². The number of carbonyl (C=O) groups excluding carboxylic acids is 1. The predicted molar refractivity (Wildman–Crippen MR) is 132 cm³/mol. The van der Waals surface area contributed by atoms with Crippen LogP contribution >= 0.6 is 22.9 Å². The number of carbonyl (C=O) groups is 1. The van der Waals surface area contributed by atoms with Crippen molar-refractivity contribution in [3.05, 3.63) is 63.9 Å². The van der Waals surface area contributed by atoms with Gasteiger partial charge in [-0.2, -0.15) is 0 Å². The van der Waals surface area contributed by atoms with Crippen molar-refractivity contribution >= 4 is 55.4 Å². The highest BCUT2D eigenvalue weighted by Gasteiger charge is 2.39. The first-order valence-electron chi connectivity index (χ1n) is 10.3. The molecule has 2 aromatic carbocycles. The normalized spacial score (nSPS) is 18.2. The molecule has 1 aromatic heterocycles. The van der Waals surface area contributed by atoms with Crippen LogP contribution in [0, 0.1) is 12.7 Å². The zero-order valence-corrected chi connectivity index (χ0v) is 20.0. The van der Waals surface area contributed by atoms with Crippen molar-refractivity contribution in [3.63, 3.8) is 0 Å². The van der Waals surface area contributed by atoms with Crippen molar-refractivity contribution in [1.82, 2.24) is 4.98 Å². The minimum Gasteiger partial charge on any atom is -0.359 e. The fourth-order valence-corrected chi connectivity index (χ4v) is 6.52. The Kier molecular flexibility index (Phi) is 5.54. The predicted octanol–water partition coefficient (Wildman–Crippen LogP) is 4.70. The molecule has 1 N–H and O–H groups in total. The number of benzene rings is 2. The van der Waals surface area contributed by atoms with Gasteiger partial charge in [0, 0.05) is 38.4 Å². The molecule has 1 atom stereocenters. The van der Waals surface area contributed by atoms with Crippen LogP contribution in [0.5, 0.6) is 0 Å². The standard InChI is InChI=1S/C22H20ClFN4O3S2.2H2/c1-13-12-25-22(32-13)26-33(30,31)15-4-2-14(3-5-15)27-11-9-19(21(27)29)28-10-8-16-18(28)7-6-17(24)20(16)23;;/h2-7,12,19H,8-11H2,1H3,(H,25,26);2*1H/t19-;;/m0../s1. The number of nitrogens with zero attached hydrogens (tertiary/aromatic N) is 3. The Morgan fingerprint density at radius 2 is 1.97 bits per heavy atom. The Morgan fingerprint density at radius 3 is 2.67 bits per heavy atom. The summed E-state index contributed by atoms with van der Waals surface area (Å²) in [5, 5.41) is 0.427. The summed E-state index contributed by atoms with van der Waals surface area (Å²) < 4.78 is 41.5. The zero-order chi connectivity index (χ0) is 23.3. The average Bonchev–Trinajstić information content (AvgIpc) is 3.49. The number of fused-ring (bicyclic) bond motifs is 1. The molecule has 0 spiro atoms. The fourth-order valence-electron chi connectivity index (χ4n) is 4.36. The van der Waals surface area contributed by atoms with Gasteiger partial charge in [0.15, 0.2) is 5.13 Å². The molecule has 2 aliphatic rings. The topological polar surface area (TPSA) is 82.6 Å². The van der Waals surface area contributed by atoms with Crippen LogP contribution in [0.2, 0.25) is 5.02 Å². The van der Waals surface area contributed by atoms with Crippen LogP contribution in [0.4, 0.5) is 20.9 Å². The summed E-state index contributed by atoms with van der Waals surface area (Å²) in [6.45, 7) is 2.95. The van der Waals surface area contributed by atoms with Crippen molar-refractivity contribution in [3.8, 4) is 0 Å². The molecular weight excluding hydrogens is 487 g/mol. The summed E-state index contributed by atoms with van der Waals surface area (Å²) in [6.07, 6.45) is 2.80. The molecule has 3 heterocycles. The zero-order valence-electron chi connectivity index (χ0n) is 17.6. The number of rotatable bonds is 5. The van der Waals surface area contributed by atoms with Gasteiger partial charge in [-0.15, -0.1) is 11.3 Å². The second-order valence-electron chi connectivity index (χ2n) is 7.97. The number of amides is 1. The lowest BCUT2D eigenvalue weighted by Crippen LogP contribution is -2.41. The first-order valence-corrected chi connectivity index (χ1v) is 13.0. The molecule has 2 aliphatic heterocycles. The highest BCUT2D eigenvalue weighted by molar-refractivity contribution is 7.93. The summed E-state index contributed by atoms with van der Waals surface area (Å²) in [5.74, 6) is -0.526. The third kappa shape index (κ3) is 3.96. The molecule has 3 aromatic rings. The van der Waals surface area contributed by atoms with Gasteiger partial charge in [0.1, 0.15) is 11.9 Å². The molecule has 5 rings (SSSR count). The van der Waals surface area contributed by atoms with E-state index >= 15 is 0 Å². The van der Waals surface area contributed by atoms with Gasteiger partial charge in [-0.25, -0.2) is 17.8 Å². The molecule has 0 saturated carbocycles. The smallest absolute Gasteiger partial charge is 0.263 e. The van der Waals surface area contributed by atoms with Gasteiger partial charge in [0.25, 0.3) is 10.0 Å². The molecule has 176 valence electrons. The molecule has 0 unspecified atom stereocenters. The van der Waals surface area contributed by atoms with Gasteiger partial charge in [-0.05, 0) is 61.7 Å². The monoisotopic (exact) mass is 510 g/mol. The fraction of sp³-hybridized carbons (Fsp3) is 0.273. The van der Waals surface area contributed by atoms with Crippen LogP contribution in [0.3, 0.4) is 0 Å². The van der Waals surface area contributed by atoms with Crippen LogP contribution in [0.25, 0.3) is 0 Å². The molecule has 11 heteroatoms. The number of aromatic nitrogens is 1. The summed E-state index contributed by atoms with van der Waals surface area (Å²) in [6, 6.07) is 8.86. The lowest BCUT2D eigenvalue weighted by Gasteiger charge is -2.26. The number of halogens is 2. The van der Waals surface area contributed by atoms with E-state index in [-0.39, 0.29) is 24.7 Å². The van der Waals surface area contributed by atoms with Crippen LogP contribution in [-0.4, -0.2) is 38.4 Å². The third-order valence-electron chi connectivity index (χ3n) is 5.94. The quantitative estimate of drug-likeness (QED) is 0.537. The van der Waals surface area contributed by atoms with Crippen molar-refractivity contribution in [1.29, 1.82) is 0 Å². The second-order valence-corrected chi connectivity index (χ2v) is 11.3. The average molecular weight is 511 g/mol. The Balaban J connectivity index is 0.00000171. The molecule has 1 saturated heterocycles. The maximum absolute atomic E-state index is 13.8.